The van der Waals surface area contributed by atoms with Gasteiger partial charge >= 0.3 is 21.7 Å². The van der Waals surface area contributed by atoms with Gasteiger partial charge in [0.25, 0.3) is 0 Å². The normalized spacial score (nSPS) is 10.2. The van der Waals surface area contributed by atoms with E-state index in [1.807, 2.05) is 0 Å². The largest absolute Gasteiger partial charge is 4.00 e. The Morgan fingerprint density at radius 3 is 1.97 bits per heavy atom. The van der Waals surface area contributed by atoms with Crippen molar-refractivity contribution in [3.05, 3.63) is 103 Å². The molecule has 0 atom stereocenters. The quantitative estimate of drug-likeness (QED) is 0.172. The van der Waals surface area contributed by atoms with Crippen molar-refractivity contribution in [3.63, 3.8) is 0 Å². The molecule has 0 nitrogen and oxygen atoms in total. The Morgan fingerprint density at radius 1 is 0.686 bits per heavy atom. The van der Waals surface area contributed by atoms with Gasteiger partial charge in [0, 0.05) is 0 Å². The molecule has 0 saturated carbocycles. The minimum absolute atomic E-state index is 0. The van der Waals surface area contributed by atoms with Crippen LogP contribution in [0.4, 0.5) is 0 Å². The van der Waals surface area contributed by atoms with E-state index in [1.165, 1.54) is 63.4 Å². The van der Waals surface area contributed by atoms with E-state index in [-0.39, 0.29) is 54.5 Å². The molecule has 4 heteroatoms. The summed E-state index contributed by atoms with van der Waals surface area (Å²) >= 11 is 0. The van der Waals surface area contributed by atoms with E-state index in [9.17, 15) is 0 Å². The first-order valence-corrected chi connectivity index (χ1v) is 13.5. The SMILES string of the molecule is CCCP(CCC)c1cc2ccccc2[cH-]1.Cc1cc2c(-c3ccccc3)cccc2[cH-]1.[Cl-].[Cl-].[Ti+4]. The maximum Gasteiger partial charge on any atom is 4.00 e. The number of hydrogen-bond acceptors (Lipinski definition) is 0. The first-order valence-electron chi connectivity index (χ1n) is 11.8. The number of rotatable bonds is 6. The van der Waals surface area contributed by atoms with E-state index in [0.717, 1.165) is 0 Å². The van der Waals surface area contributed by atoms with Crippen LogP contribution < -0.4 is 30.1 Å². The van der Waals surface area contributed by atoms with Crippen LogP contribution in [-0.4, -0.2) is 12.3 Å². The van der Waals surface area contributed by atoms with Gasteiger partial charge in [-0.3, -0.25) is 0 Å². The molecule has 0 spiro atoms. The average molecular weight is 555 g/mol. The van der Waals surface area contributed by atoms with E-state index < -0.39 is 0 Å². The van der Waals surface area contributed by atoms with E-state index in [0.29, 0.717) is 0 Å². The van der Waals surface area contributed by atoms with Gasteiger partial charge in [-0.15, -0.1) is 74.9 Å². The van der Waals surface area contributed by atoms with Gasteiger partial charge < -0.3 is 24.8 Å². The average Bonchev–Trinajstić information content (AvgIpc) is 3.42. The Balaban J connectivity index is 0.000000322. The molecule has 5 aromatic carbocycles. The Bertz CT molecular complexity index is 1230. The zero-order valence-electron chi connectivity index (χ0n) is 20.8. The van der Waals surface area contributed by atoms with Crippen molar-refractivity contribution < 1.29 is 46.5 Å². The second kappa shape index (κ2) is 15.7. The Morgan fingerprint density at radius 2 is 1.31 bits per heavy atom. The van der Waals surface area contributed by atoms with Gasteiger partial charge in [-0.2, -0.15) is 12.1 Å². The van der Waals surface area contributed by atoms with E-state index >= 15 is 0 Å². The fraction of sp³-hybridized carbons (Fsp3) is 0.226. The summed E-state index contributed by atoms with van der Waals surface area (Å²) in [7, 11) is 0.0972. The smallest absolute Gasteiger partial charge is 1.00 e. The van der Waals surface area contributed by atoms with Crippen LogP contribution >= 0.6 is 7.92 Å². The van der Waals surface area contributed by atoms with Crippen molar-refractivity contribution in [1.82, 2.24) is 0 Å². The number of halogens is 2. The second-order valence-corrected chi connectivity index (χ2v) is 11.0. The molecular formula is C31H33Cl2PTi. The molecule has 0 aliphatic rings. The predicted molar refractivity (Wildman–Crippen MR) is 146 cm³/mol. The topological polar surface area (TPSA) is 0 Å². The summed E-state index contributed by atoms with van der Waals surface area (Å²) in [5.74, 6) is 0. The van der Waals surface area contributed by atoms with E-state index in [1.54, 1.807) is 5.30 Å². The van der Waals surface area contributed by atoms with Crippen LogP contribution in [0.1, 0.15) is 32.3 Å². The van der Waals surface area contributed by atoms with Gasteiger partial charge in [0.15, 0.2) is 0 Å². The third-order valence-corrected chi connectivity index (χ3v) is 8.90. The molecule has 0 saturated heterocycles. The minimum atomic E-state index is 0. The first kappa shape index (κ1) is 31.6. The molecule has 0 radical (unpaired) electrons. The standard InChI is InChI=1S/C16H13.C15H20P.2ClH.Ti/c1-12-10-14-8-5-9-15(16(14)11-12)13-6-3-2-4-7-13;1-3-9-16(10-4-2)15-11-13-7-5-6-8-14(13)12-15;;;/h2-11H,1H3;5-8,11-12H,3-4,9-10H2,1-2H3;2*1H;/q2*-1;;;+4/p-2. The van der Waals surface area contributed by atoms with Gasteiger partial charge in [-0.05, 0) is 17.9 Å². The van der Waals surface area contributed by atoms with Crippen molar-refractivity contribution in [3.8, 4) is 11.1 Å². The zero-order valence-corrected chi connectivity index (χ0v) is 24.7. The molecule has 0 amide bonds. The monoisotopic (exact) mass is 554 g/mol. The maximum atomic E-state index is 2.41. The molecule has 0 aliphatic carbocycles. The first-order chi connectivity index (χ1) is 15.7. The number of hydrogen-bond donors (Lipinski definition) is 0. The Hall–Kier alpha value is -1.40. The van der Waals surface area contributed by atoms with Crippen LogP contribution in [0.3, 0.4) is 0 Å². The van der Waals surface area contributed by atoms with Crippen molar-refractivity contribution in [2.45, 2.75) is 33.6 Å². The molecular weight excluding hydrogens is 522 g/mol. The predicted octanol–water partition coefficient (Wildman–Crippen LogP) is 3.03. The van der Waals surface area contributed by atoms with Crippen LogP contribution in [0.25, 0.3) is 32.7 Å². The fourth-order valence-electron chi connectivity index (χ4n) is 4.48. The minimum Gasteiger partial charge on any atom is -1.00 e. The van der Waals surface area contributed by atoms with Crippen molar-refractivity contribution in [2.75, 3.05) is 12.3 Å². The second-order valence-electron chi connectivity index (χ2n) is 8.54. The van der Waals surface area contributed by atoms with E-state index in [4.69, 9.17) is 0 Å². The van der Waals surface area contributed by atoms with Gasteiger partial charge in [0.1, 0.15) is 0 Å². The fourth-order valence-corrected chi connectivity index (χ4v) is 6.94. The number of aryl methyl sites for hydroxylation is 1. The molecule has 0 N–H and O–H groups in total. The molecule has 0 aromatic heterocycles. The number of benzene rings is 3. The van der Waals surface area contributed by atoms with Crippen LogP contribution in [0, 0.1) is 6.92 Å². The summed E-state index contributed by atoms with van der Waals surface area (Å²) in [6.45, 7) is 6.75. The van der Waals surface area contributed by atoms with Crippen molar-refractivity contribution in [1.29, 1.82) is 0 Å². The summed E-state index contributed by atoms with van der Waals surface area (Å²) in [5.41, 5.74) is 3.95. The van der Waals surface area contributed by atoms with Gasteiger partial charge in [0.05, 0.1) is 0 Å². The molecule has 0 bridgehead atoms. The molecule has 5 rings (SSSR count). The third-order valence-electron chi connectivity index (χ3n) is 5.93. The van der Waals surface area contributed by atoms with Crippen LogP contribution in [-0.2, 0) is 21.7 Å². The maximum absolute atomic E-state index is 2.41. The summed E-state index contributed by atoms with van der Waals surface area (Å²) in [5, 5.41) is 7.12. The van der Waals surface area contributed by atoms with Gasteiger partial charge in [-0.1, -0.05) is 89.6 Å². The van der Waals surface area contributed by atoms with Crippen molar-refractivity contribution in [2.24, 2.45) is 0 Å². The Kier molecular flexibility index (Phi) is 14.2. The van der Waals surface area contributed by atoms with Crippen LogP contribution in [0.2, 0.25) is 0 Å². The molecule has 5 aromatic rings. The molecule has 0 unspecified atom stereocenters. The molecule has 35 heavy (non-hydrogen) atoms. The van der Waals surface area contributed by atoms with Gasteiger partial charge in [-0.25, -0.2) is 0 Å². The van der Waals surface area contributed by atoms with Crippen molar-refractivity contribution >= 4 is 34.8 Å². The third kappa shape index (κ3) is 8.05. The molecule has 0 heterocycles. The van der Waals surface area contributed by atoms with Crippen LogP contribution in [0.15, 0.2) is 97.1 Å². The molecule has 180 valence electrons. The summed E-state index contributed by atoms with van der Waals surface area (Å²) in [6.07, 6.45) is 5.40. The Labute approximate surface area is 239 Å². The van der Waals surface area contributed by atoms with Gasteiger partial charge in [0.2, 0.25) is 0 Å². The molecule has 0 fully saturated rings. The number of fused-ring (bicyclic) bond motifs is 2. The molecule has 0 aliphatic heterocycles. The summed E-state index contributed by atoms with van der Waals surface area (Å²) in [4.78, 5) is 0. The van der Waals surface area contributed by atoms with E-state index in [2.05, 4.69) is 118 Å². The summed E-state index contributed by atoms with van der Waals surface area (Å²) in [6, 6.07) is 35.1. The summed E-state index contributed by atoms with van der Waals surface area (Å²) < 4.78 is 0. The zero-order chi connectivity index (χ0) is 22.3. The van der Waals surface area contributed by atoms with Crippen LogP contribution in [0.5, 0.6) is 0 Å².